The molecule has 0 bridgehead atoms. The van der Waals surface area contributed by atoms with Gasteiger partial charge in [-0.15, -0.1) is 0 Å². The number of nitrogens with zero attached hydrogens (tertiary/aromatic N) is 1. The predicted molar refractivity (Wildman–Crippen MR) is 155 cm³/mol. The number of rotatable bonds is 12. The van der Waals surface area contributed by atoms with Gasteiger partial charge in [-0.25, -0.2) is 5.43 Å². The highest BCUT2D eigenvalue weighted by Gasteiger charge is 2.12. The molecule has 4 aromatic rings. The second-order valence-electron chi connectivity index (χ2n) is 8.79. The van der Waals surface area contributed by atoms with E-state index in [9.17, 15) is 9.59 Å². The molecular weight excluding hydrogens is 506 g/mol. The maximum atomic E-state index is 12.7. The molecule has 0 heterocycles. The van der Waals surface area contributed by atoms with Crippen LogP contribution in [0.15, 0.2) is 102 Å². The van der Waals surface area contributed by atoms with Crippen molar-refractivity contribution in [3.05, 3.63) is 119 Å². The molecule has 2 N–H and O–H groups in total. The number of hydrogen-bond acceptors (Lipinski definition) is 6. The molecule has 0 aliphatic carbocycles. The van der Waals surface area contributed by atoms with Crippen molar-refractivity contribution >= 4 is 23.7 Å². The van der Waals surface area contributed by atoms with Crippen LogP contribution in [0, 0.1) is 6.92 Å². The summed E-state index contributed by atoms with van der Waals surface area (Å²) in [6.07, 6.45) is 1.52. The van der Waals surface area contributed by atoms with E-state index in [2.05, 4.69) is 15.8 Å². The Morgan fingerprint density at radius 3 is 2.33 bits per heavy atom. The van der Waals surface area contributed by atoms with Gasteiger partial charge in [0.25, 0.3) is 11.8 Å². The van der Waals surface area contributed by atoms with Crippen LogP contribution in [0.3, 0.4) is 0 Å². The van der Waals surface area contributed by atoms with Crippen LogP contribution in [0.1, 0.15) is 34.0 Å². The average Bonchev–Trinajstić information content (AvgIpc) is 2.98. The van der Waals surface area contributed by atoms with Crippen molar-refractivity contribution in [2.24, 2.45) is 5.10 Å². The third-order valence-corrected chi connectivity index (χ3v) is 5.79. The average molecular weight is 538 g/mol. The van der Waals surface area contributed by atoms with E-state index in [0.29, 0.717) is 36.0 Å². The maximum Gasteiger partial charge on any atom is 0.271 e. The molecule has 0 unspecified atom stereocenters. The van der Waals surface area contributed by atoms with E-state index < -0.39 is 0 Å². The molecule has 0 aliphatic rings. The number of carbonyl (C=O) groups is 2. The fourth-order valence-electron chi connectivity index (χ4n) is 3.70. The smallest absolute Gasteiger partial charge is 0.271 e. The Morgan fingerprint density at radius 1 is 0.825 bits per heavy atom. The molecule has 8 heteroatoms. The summed E-state index contributed by atoms with van der Waals surface area (Å²) in [6, 6.07) is 29.4. The Kier molecular flexibility index (Phi) is 9.88. The van der Waals surface area contributed by atoms with Gasteiger partial charge in [-0.2, -0.15) is 5.10 Å². The molecule has 204 valence electrons. The van der Waals surface area contributed by atoms with Crippen molar-refractivity contribution in [1.29, 1.82) is 0 Å². The zero-order valence-corrected chi connectivity index (χ0v) is 22.4. The lowest BCUT2D eigenvalue weighted by Crippen LogP contribution is -2.20. The number of para-hydroxylation sites is 1. The molecular formula is C32H31N3O5. The van der Waals surface area contributed by atoms with Crippen LogP contribution in [0.25, 0.3) is 0 Å². The van der Waals surface area contributed by atoms with Crippen LogP contribution in [-0.2, 0) is 11.4 Å². The number of benzene rings is 4. The summed E-state index contributed by atoms with van der Waals surface area (Å²) >= 11 is 0. The highest BCUT2D eigenvalue weighted by Crippen LogP contribution is 2.29. The van der Waals surface area contributed by atoms with Crippen molar-refractivity contribution in [1.82, 2.24) is 5.43 Å². The van der Waals surface area contributed by atoms with Crippen LogP contribution in [-0.4, -0.2) is 31.2 Å². The molecule has 4 rings (SSSR count). The van der Waals surface area contributed by atoms with Crippen molar-refractivity contribution in [3.8, 4) is 17.2 Å². The summed E-state index contributed by atoms with van der Waals surface area (Å²) in [5.74, 6) is 0.954. The van der Waals surface area contributed by atoms with Crippen LogP contribution in [0.4, 0.5) is 5.69 Å². The molecule has 0 atom stereocenters. The van der Waals surface area contributed by atoms with Gasteiger partial charge in [-0.05, 0) is 79.1 Å². The van der Waals surface area contributed by atoms with E-state index in [4.69, 9.17) is 14.2 Å². The number of nitrogens with one attached hydrogen (secondary N) is 2. The van der Waals surface area contributed by atoms with Crippen molar-refractivity contribution in [2.45, 2.75) is 20.5 Å². The van der Waals surface area contributed by atoms with Crippen LogP contribution in [0.2, 0.25) is 0 Å². The van der Waals surface area contributed by atoms with Crippen molar-refractivity contribution < 1.29 is 23.8 Å². The minimum atomic E-state index is -0.383. The molecule has 0 radical (unpaired) electrons. The number of ether oxygens (including phenoxy) is 3. The first-order chi connectivity index (χ1) is 19.5. The fourth-order valence-corrected chi connectivity index (χ4v) is 3.70. The second-order valence-corrected chi connectivity index (χ2v) is 8.79. The Bertz CT molecular complexity index is 1450. The quantitative estimate of drug-likeness (QED) is 0.177. The Balaban J connectivity index is 1.27. The standard InChI is InChI=1S/C32H31N3O5/c1-3-38-30-19-26(15-18-29(30)40-21-25-10-5-4-6-11-25)32(37)35-33-20-24-13-16-27(17-14-24)39-22-31(36)34-28-12-8-7-9-23(28)2/h4-20H,3,21-22H2,1-2H3,(H,34,36)(H,35,37)/b33-20+. The number of carbonyl (C=O) groups excluding carboxylic acids is 2. The lowest BCUT2D eigenvalue weighted by atomic mass is 10.2. The first-order valence-electron chi connectivity index (χ1n) is 12.9. The van der Waals surface area contributed by atoms with Gasteiger partial charge in [0.2, 0.25) is 0 Å². The molecule has 4 aromatic carbocycles. The Labute approximate surface area is 233 Å². The summed E-state index contributed by atoms with van der Waals surface area (Å²) in [5.41, 5.74) is 6.43. The van der Waals surface area contributed by atoms with Crippen molar-refractivity contribution in [2.75, 3.05) is 18.5 Å². The topological polar surface area (TPSA) is 98.3 Å². The van der Waals surface area contributed by atoms with Gasteiger partial charge in [-0.3, -0.25) is 9.59 Å². The minimum Gasteiger partial charge on any atom is -0.490 e. The van der Waals surface area contributed by atoms with E-state index in [1.807, 2.05) is 68.4 Å². The van der Waals surface area contributed by atoms with Gasteiger partial charge in [0, 0.05) is 11.3 Å². The largest absolute Gasteiger partial charge is 0.490 e. The number of aryl methyl sites for hydroxylation is 1. The van der Waals surface area contributed by atoms with Crippen LogP contribution >= 0.6 is 0 Å². The van der Waals surface area contributed by atoms with Gasteiger partial charge in [0.05, 0.1) is 12.8 Å². The lowest BCUT2D eigenvalue weighted by Gasteiger charge is -2.13. The molecule has 2 amide bonds. The molecule has 0 saturated heterocycles. The summed E-state index contributed by atoms with van der Waals surface area (Å²) in [4.78, 5) is 24.8. The molecule has 0 aliphatic heterocycles. The van der Waals surface area contributed by atoms with Crippen LogP contribution < -0.4 is 25.0 Å². The molecule has 0 fully saturated rings. The zero-order chi connectivity index (χ0) is 28.2. The Hall–Kier alpha value is -5.11. The van der Waals surface area contributed by atoms with Gasteiger partial charge in [0.15, 0.2) is 18.1 Å². The summed E-state index contributed by atoms with van der Waals surface area (Å²) < 4.78 is 17.2. The van der Waals surface area contributed by atoms with E-state index >= 15 is 0 Å². The first kappa shape index (κ1) is 27.9. The van der Waals surface area contributed by atoms with E-state index in [1.165, 1.54) is 6.21 Å². The monoisotopic (exact) mass is 537 g/mol. The Morgan fingerprint density at radius 2 is 1.57 bits per heavy atom. The maximum absolute atomic E-state index is 12.7. The molecule has 40 heavy (non-hydrogen) atoms. The van der Waals surface area contributed by atoms with E-state index in [1.54, 1.807) is 42.5 Å². The first-order valence-corrected chi connectivity index (χ1v) is 12.9. The summed E-state index contributed by atoms with van der Waals surface area (Å²) in [5, 5.41) is 6.88. The van der Waals surface area contributed by atoms with Gasteiger partial charge in [-0.1, -0.05) is 48.5 Å². The molecule has 0 aromatic heterocycles. The van der Waals surface area contributed by atoms with Crippen LogP contribution in [0.5, 0.6) is 17.2 Å². The number of anilines is 1. The third-order valence-electron chi connectivity index (χ3n) is 5.79. The zero-order valence-electron chi connectivity index (χ0n) is 22.4. The normalized spacial score (nSPS) is 10.7. The van der Waals surface area contributed by atoms with E-state index in [0.717, 1.165) is 22.4 Å². The SMILES string of the molecule is CCOc1cc(C(=O)N/N=C/c2ccc(OCC(=O)Nc3ccccc3C)cc2)ccc1OCc1ccccc1. The third kappa shape index (κ3) is 8.19. The number of hydrogen-bond donors (Lipinski definition) is 2. The fraction of sp³-hybridized carbons (Fsp3) is 0.156. The highest BCUT2D eigenvalue weighted by molar-refractivity contribution is 5.95. The summed E-state index contributed by atoms with van der Waals surface area (Å²) in [6.45, 7) is 4.51. The van der Waals surface area contributed by atoms with E-state index in [-0.39, 0.29) is 18.4 Å². The second kappa shape index (κ2) is 14.2. The molecule has 0 spiro atoms. The van der Waals surface area contributed by atoms with Gasteiger partial charge >= 0.3 is 0 Å². The predicted octanol–water partition coefficient (Wildman–Crippen LogP) is 5.75. The number of amides is 2. The van der Waals surface area contributed by atoms with Gasteiger partial charge in [0.1, 0.15) is 12.4 Å². The summed E-state index contributed by atoms with van der Waals surface area (Å²) in [7, 11) is 0. The number of hydrazone groups is 1. The van der Waals surface area contributed by atoms with Gasteiger partial charge < -0.3 is 19.5 Å². The highest BCUT2D eigenvalue weighted by atomic mass is 16.5. The molecule has 8 nitrogen and oxygen atoms in total. The lowest BCUT2D eigenvalue weighted by molar-refractivity contribution is -0.118. The minimum absolute atomic E-state index is 0.113. The van der Waals surface area contributed by atoms with Crippen molar-refractivity contribution in [3.63, 3.8) is 0 Å². The molecule has 0 saturated carbocycles.